The summed E-state index contributed by atoms with van der Waals surface area (Å²) in [5.74, 6) is 0. The number of methoxy groups -OCH3 is 1. The largest absolute Gasteiger partial charge is 0.416 e. The summed E-state index contributed by atoms with van der Waals surface area (Å²) in [6, 6.07) is 11.6. The molecule has 3 rings (SSSR count). The van der Waals surface area contributed by atoms with Gasteiger partial charge in [-0.15, -0.1) is 0 Å². The normalized spacial score (nSPS) is 18.0. The van der Waals surface area contributed by atoms with Gasteiger partial charge in [0.25, 0.3) is 0 Å². The molecule has 0 aliphatic carbocycles. The maximum absolute atomic E-state index is 13.5. The quantitative estimate of drug-likeness (QED) is 0.552. The van der Waals surface area contributed by atoms with Crippen LogP contribution in [0, 0.1) is 0 Å². The molecule has 8 heteroatoms. The lowest BCUT2D eigenvalue weighted by atomic mass is 9.67. The highest BCUT2D eigenvalue weighted by atomic mass is 19.4. The smallest absolute Gasteiger partial charge is 0.381 e. The molecule has 1 aliphatic heterocycles. The lowest BCUT2D eigenvalue weighted by molar-refractivity contribution is -0.143. The van der Waals surface area contributed by atoms with Crippen LogP contribution < -0.4 is 5.32 Å². The Kier molecular flexibility index (Phi) is 7.01. The zero-order valence-corrected chi connectivity index (χ0v) is 17.1. The van der Waals surface area contributed by atoms with Crippen LogP contribution in [-0.2, 0) is 28.9 Å². The Labute approximate surface area is 177 Å². The van der Waals surface area contributed by atoms with Gasteiger partial charge in [-0.1, -0.05) is 36.4 Å². The summed E-state index contributed by atoms with van der Waals surface area (Å²) in [6.07, 6.45) is -8.33. The second kappa shape index (κ2) is 9.20. The summed E-state index contributed by atoms with van der Waals surface area (Å²) in [4.78, 5) is 0. The Balaban J connectivity index is 1.90. The summed E-state index contributed by atoms with van der Waals surface area (Å²) >= 11 is 0. The van der Waals surface area contributed by atoms with E-state index in [1.165, 1.54) is 7.11 Å². The molecule has 1 N–H and O–H groups in total. The first-order valence-corrected chi connectivity index (χ1v) is 10.1. The highest BCUT2D eigenvalue weighted by molar-refractivity contribution is 5.36. The molecular weight excluding hydrogens is 420 g/mol. The van der Waals surface area contributed by atoms with Gasteiger partial charge in [-0.3, -0.25) is 0 Å². The highest BCUT2D eigenvalue weighted by Gasteiger charge is 2.42. The summed E-state index contributed by atoms with van der Waals surface area (Å²) in [5.41, 5.74) is -2.00. The SMILES string of the molecule is COC(CCc1ccc(C(F)(F)F)cc1C(F)(F)F)C1(c2ccccc2)CCNCC1. The van der Waals surface area contributed by atoms with Gasteiger partial charge in [0.1, 0.15) is 0 Å². The number of benzene rings is 2. The molecule has 1 unspecified atom stereocenters. The van der Waals surface area contributed by atoms with E-state index in [4.69, 9.17) is 4.74 Å². The minimum atomic E-state index is -4.87. The van der Waals surface area contributed by atoms with Crippen molar-refractivity contribution in [1.29, 1.82) is 0 Å². The van der Waals surface area contributed by atoms with Crippen LogP contribution in [-0.4, -0.2) is 26.3 Å². The first-order valence-electron chi connectivity index (χ1n) is 10.1. The second-order valence-electron chi connectivity index (χ2n) is 7.90. The van der Waals surface area contributed by atoms with Crippen molar-refractivity contribution < 1.29 is 31.1 Å². The van der Waals surface area contributed by atoms with Crippen LogP contribution in [0.25, 0.3) is 0 Å². The van der Waals surface area contributed by atoms with Crippen LogP contribution in [0.4, 0.5) is 26.3 Å². The van der Waals surface area contributed by atoms with E-state index in [-0.39, 0.29) is 36.0 Å². The Morgan fingerprint density at radius 3 is 2.13 bits per heavy atom. The molecule has 31 heavy (non-hydrogen) atoms. The average Bonchev–Trinajstić information content (AvgIpc) is 2.74. The number of hydrogen-bond donors (Lipinski definition) is 1. The van der Waals surface area contributed by atoms with Gasteiger partial charge in [-0.25, -0.2) is 0 Å². The van der Waals surface area contributed by atoms with E-state index in [2.05, 4.69) is 5.32 Å². The first-order chi connectivity index (χ1) is 14.6. The van der Waals surface area contributed by atoms with Crippen molar-refractivity contribution in [3.8, 4) is 0 Å². The molecule has 1 fully saturated rings. The van der Waals surface area contributed by atoms with Crippen LogP contribution in [0.2, 0.25) is 0 Å². The predicted octanol–water partition coefficient (Wildman–Crippen LogP) is 5.99. The lowest BCUT2D eigenvalue weighted by Gasteiger charge is -2.44. The van der Waals surface area contributed by atoms with Crippen molar-refractivity contribution in [3.63, 3.8) is 0 Å². The van der Waals surface area contributed by atoms with Crippen molar-refractivity contribution in [1.82, 2.24) is 5.32 Å². The van der Waals surface area contributed by atoms with E-state index in [0.717, 1.165) is 37.6 Å². The number of hydrogen-bond acceptors (Lipinski definition) is 2. The molecule has 0 bridgehead atoms. The number of nitrogens with one attached hydrogen (secondary N) is 1. The first kappa shape index (κ1) is 23.6. The number of halogens is 6. The van der Waals surface area contributed by atoms with Crippen LogP contribution in [0.1, 0.15) is 41.5 Å². The Morgan fingerprint density at radius 1 is 0.935 bits per heavy atom. The van der Waals surface area contributed by atoms with Gasteiger partial charge in [0, 0.05) is 12.5 Å². The second-order valence-corrected chi connectivity index (χ2v) is 7.90. The van der Waals surface area contributed by atoms with Crippen molar-refractivity contribution in [2.75, 3.05) is 20.2 Å². The van der Waals surface area contributed by atoms with Crippen LogP contribution in [0.5, 0.6) is 0 Å². The van der Waals surface area contributed by atoms with Gasteiger partial charge in [0.2, 0.25) is 0 Å². The summed E-state index contributed by atoms with van der Waals surface area (Å²) < 4.78 is 85.1. The lowest BCUT2D eigenvalue weighted by Crippen LogP contribution is -2.48. The van der Waals surface area contributed by atoms with E-state index in [0.29, 0.717) is 6.07 Å². The maximum Gasteiger partial charge on any atom is 0.416 e. The molecule has 0 saturated carbocycles. The van der Waals surface area contributed by atoms with E-state index in [1.807, 2.05) is 30.3 Å². The van der Waals surface area contributed by atoms with Crippen LogP contribution in [0.15, 0.2) is 48.5 Å². The zero-order valence-electron chi connectivity index (χ0n) is 17.1. The molecule has 0 spiro atoms. The van der Waals surface area contributed by atoms with Gasteiger partial charge in [-0.05, 0) is 62.0 Å². The monoisotopic (exact) mass is 445 g/mol. The summed E-state index contributed by atoms with van der Waals surface area (Å²) in [7, 11) is 1.54. The van der Waals surface area contributed by atoms with Crippen LogP contribution in [0.3, 0.4) is 0 Å². The van der Waals surface area contributed by atoms with Crippen molar-refractivity contribution in [2.24, 2.45) is 0 Å². The summed E-state index contributed by atoms with van der Waals surface area (Å²) in [6.45, 7) is 1.51. The molecular formula is C23H25F6NO. The molecule has 1 aliphatic rings. The average molecular weight is 445 g/mol. The molecule has 1 saturated heterocycles. The van der Waals surface area contributed by atoms with E-state index in [1.54, 1.807) is 0 Å². The fourth-order valence-corrected chi connectivity index (χ4v) is 4.58. The molecule has 1 heterocycles. The molecule has 0 radical (unpaired) electrons. The van der Waals surface area contributed by atoms with E-state index >= 15 is 0 Å². The minimum absolute atomic E-state index is 0.0342. The Morgan fingerprint density at radius 2 is 1.58 bits per heavy atom. The Bertz CT molecular complexity index is 857. The van der Waals surface area contributed by atoms with E-state index < -0.39 is 23.5 Å². The number of aryl methyl sites for hydroxylation is 1. The van der Waals surface area contributed by atoms with Crippen molar-refractivity contribution >= 4 is 0 Å². The number of rotatable bonds is 6. The van der Waals surface area contributed by atoms with Gasteiger partial charge in [0.05, 0.1) is 17.2 Å². The highest BCUT2D eigenvalue weighted by Crippen LogP contribution is 2.42. The van der Waals surface area contributed by atoms with Gasteiger partial charge < -0.3 is 10.1 Å². The maximum atomic E-state index is 13.5. The number of alkyl halides is 6. The molecule has 2 aromatic rings. The third-order valence-electron chi connectivity index (χ3n) is 6.16. The fraction of sp³-hybridized carbons (Fsp3) is 0.478. The third kappa shape index (κ3) is 5.23. The van der Waals surface area contributed by atoms with Crippen molar-refractivity contribution in [2.45, 2.75) is 49.6 Å². The molecule has 2 nitrogen and oxygen atoms in total. The Hall–Kier alpha value is -2.06. The molecule has 2 aromatic carbocycles. The molecule has 170 valence electrons. The minimum Gasteiger partial charge on any atom is -0.381 e. The zero-order chi connectivity index (χ0) is 22.7. The number of piperidine rings is 1. The van der Waals surface area contributed by atoms with Gasteiger partial charge >= 0.3 is 12.4 Å². The van der Waals surface area contributed by atoms with Gasteiger partial charge in [0.15, 0.2) is 0 Å². The van der Waals surface area contributed by atoms with Crippen LogP contribution >= 0.6 is 0 Å². The fourth-order valence-electron chi connectivity index (χ4n) is 4.58. The van der Waals surface area contributed by atoms with Gasteiger partial charge in [-0.2, -0.15) is 26.3 Å². The summed E-state index contributed by atoms with van der Waals surface area (Å²) in [5, 5.41) is 3.30. The molecule has 0 amide bonds. The number of ether oxygens (including phenoxy) is 1. The van der Waals surface area contributed by atoms with Crippen molar-refractivity contribution in [3.05, 3.63) is 70.8 Å². The predicted molar refractivity (Wildman–Crippen MR) is 106 cm³/mol. The molecule has 1 atom stereocenters. The topological polar surface area (TPSA) is 21.3 Å². The molecule has 0 aromatic heterocycles. The standard InChI is InChI=1S/C23H25F6NO/c1-31-20(21(11-13-30-14-12-21)17-5-3-2-4-6-17)10-8-16-7-9-18(22(24,25)26)15-19(16)23(27,28)29/h2-7,9,15,20,30H,8,10-14H2,1H3. The third-order valence-corrected chi connectivity index (χ3v) is 6.16. The van der Waals surface area contributed by atoms with E-state index in [9.17, 15) is 26.3 Å².